The van der Waals surface area contributed by atoms with Crippen molar-refractivity contribution in [3.05, 3.63) is 34.9 Å². The molecule has 0 aliphatic carbocycles. The van der Waals surface area contributed by atoms with Gasteiger partial charge in [-0.25, -0.2) is 4.79 Å². The van der Waals surface area contributed by atoms with Gasteiger partial charge in [-0.1, -0.05) is 30.2 Å². The van der Waals surface area contributed by atoms with Crippen LogP contribution in [0.5, 0.6) is 0 Å². The number of imide groups is 1. The van der Waals surface area contributed by atoms with Crippen LogP contribution in [-0.2, 0) is 16.1 Å². The number of piperidine rings is 2. The molecule has 0 aromatic heterocycles. The lowest BCUT2D eigenvalue weighted by Gasteiger charge is -2.44. The van der Waals surface area contributed by atoms with E-state index in [-0.39, 0.29) is 24.8 Å². The molecule has 3 aliphatic rings. The van der Waals surface area contributed by atoms with E-state index in [4.69, 9.17) is 11.6 Å². The third-order valence-corrected chi connectivity index (χ3v) is 7.02. The van der Waals surface area contributed by atoms with Crippen molar-refractivity contribution >= 4 is 29.4 Å². The molecule has 0 saturated carbocycles. The van der Waals surface area contributed by atoms with Gasteiger partial charge in [-0.2, -0.15) is 0 Å². The standard InChI is InChI=1S/C23H31ClN4O3/c24-18-7-3-5-16(13-18)15-28-22(30)19(26-23(28)31)9-10-21(29)25-14-17-6-4-12-27-11-2-1-8-20(17)27/h3,5,7,13,17,19-20H,1-2,4,6,8-12,14-15H2,(H,25,29)(H,26,31)/t17-,19+,20-/m1/s1. The Kier molecular flexibility index (Phi) is 7.13. The van der Waals surface area contributed by atoms with E-state index in [9.17, 15) is 14.4 Å². The molecule has 3 heterocycles. The second-order valence-corrected chi connectivity index (χ2v) is 9.34. The number of carbonyl (C=O) groups is 3. The van der Waals surface area contributed by atoms with E-state index in [2.05, 4.69) is 15.5 Å². The Bertz CT molecular complexity index is 831. The SMILES string of the molecule is O=C(CC[C@@H]1NC(=O)N(Cc2cccc(Cl)c2)C1=O)NC[C@H]1CCCN2CCCC[C@H]12. The van der Waals surface area contributed by atoms with Gasteiger partial charge in [0.05, 0.1) is 6.54 Å². The predicted octanol–water partition coefficient (Wildman–Crippen LogP) is 2.92. The van der Waals surface area contributed by atoms with E-state index < -0.39 is 12.1 Å². The normalized spacial score (nSPS) is 26.5. The van der Waals surface area contributed by atoms with Crippen molar-refractivity contribution in [3.63, 3.8) is 0 Å². The van der Waals surface area contributed by atoms with E-state index in [1.54, 1.807) is 18.2 Å². The molecule has 0 unspecified atom stereocenters. The molecule has 0 bridgehead atoms. The van der Waals surface area contributed by atoms with Crippen LogP contribution in [0.15, 0.2) is 24.3 Å². The largest absolute Gasteiger partial charge is 0.356 e. The molecule has 31 heavy (non-hydrogen) atoms. The third-order valence-electron chi connectivity index (χ3n) is 6.79. The zero-order valence-corrected chi connectivity index (χ0v) is 18.6. The first-order valence-corrected chi connectivity index (χ1v) is 11.8. The Morgan fingerprint density at radius 3 is 2.84 bits per heavy atom. The summed E-state index contributed by atoms with van der Waals surface area (Å²) in [4.78, 5) is 41.1. The van der Waals surface area contributed by atoms with Gasteiger partial charge in [-0.05, 0) is 68.8 Å². The molecule has 7 nitrogen and oxygen atoms in total. The number of amides is 4. The highest BCUT2D eigenvalue weighted by atomic mass is 35.5. The highest BCUT2D eigenvalue weighted by molar-refractivity contribution is 6.30. The number of urea groups is 1. The lowest BCUT2D eigenvalue weighted by Crippen LogP contribution is -2.51. The molecule has 4 amide bonds. The predicted molar refractivity (Wildman–Crippen MR) is 119 cm³/mol. The summed E-state index contributed by atoms with van der Waals surface area (Å²) in [5, 5.41) is 6.34. The van der Waals surface area contributed by atoms with Crippen LogP contribution in [-0.4, -0.2) is 59.4 Å². The Labute approximate surface area is 188 Å². The first-order chi connectivity index (χ1) is 15.0. The molecular formula is C23H31ClN4O3. The first kappa shape index (κ1) is 22.1. The molecule has 1 aromatic carbocycles. The summed E-state index contributed by atoms with van der Waals surface area (Å²) in [7, 11) is 0. The molecule has 168 valence electrons. The van der Waals surface area contributed by atoms with Gasteiger partial charge in [-0.15, -0.1) is 0 Å². The summed E-state index contributed by atoms with van der Waals surface area (Å²) in [6.45, 7) is 3.24. The maximum Gasteiger partial charge on any atom is 0.325 e. The molecule has 2 N–H and O–H groups in total. The van der Waals surface area contributed by atoms with Crippen molar-refractivity contribution in [2.24, 2.45) is 5.92 Å². The van der Waals surface area contributed by atoms with Gasteiger partial charge in [-0.3, -0.25) is 14.5 Å². The molecule has 3 fully saturated rings. The van der Waals surface area contributed by atoms with Gasteiger partial charge in [0.1, 0.15) is 6.04 Å². The minimum absolute atomic E-state index is 0.0525. The van der Waals surface area contributed by atoms with E-state index in [0.29, 0.717) is 29.9 Å². The van der Waals surface area contributed by atoms with Crippen LogP contribution in [0.1, 0.15) is 50.5 Å². The molecule has 0 radical (unpaired) electrons. The topological polar surface area (TPSA) is 81.8 Å². The molecule has 3 atom stereocenters. The molecule has 3 aliphatic heterocycles. The lowest BCUT2D eigenvalue weighted by molar-refractivity contribution is -0.128. The summed E-state index contributed by atoms with van der Waals surface area (Å²) in [6, 6.07) is 6.62. The number of fused-ring (bicyclic) bond motifs is 1. The third kappa shape index (κ3) is 5.39. The Morgan fingerprint density at radius 1 is 1.16 bits per heavy atom. The average Bonchev–Trinajstić information content (AvgIpc) is 3.04. The van der Waals surface area contributed by atoms with Crippen LogP contribution in [0.2, 0.25) is 5.02 Å². The summed E-state index contributed by atoms with van der Waals surface area (Å²) < 4.78 is 0. The maximum atomic E-state index is 12.7. The number of carbonyl (C=O) groups excluding carboxylic acids is 3. The monoisotopic (exact) mass is 446 g/mol. The van der Waals surface area contributed by atoms with E-state index >= 15 is 0 Å². The van der Waals surface area contributed by atoms with Crippen molar-refractivity contribution in [1.29, 1.82) is 0 Å². The lowest BCUT2D eigenvalue weighted by atomic mass is 9.83. The molecular weight excluding hydrogens is 416 g/mol. The average molecular weight is 447 g/mol. The number of halogens is 1. The minimum atomic E-state index is -0.652. The quantitative estimate of drug-likeness (QED) is 0.631. The molecule has 8 heteroatoms. The number of hydrogen-bond donors (Lipinski definition) is 2. The number of nitrogens with one attached hydrogen (secondary N) is 2. The zero-order chi connectivity index (χ0) is 21.8. The Hall–Kier alpha value is -2.12. The second kappa shape index (κ2) is 10.0. The smallest absolute Gasteiger partial charge is 0.325 e. The Balaban J connectivity index is 1.23. The molecule has 0 spiro atoms. The molecule has 1 aromatic rings. The van der Waals surface area contributed by atoms with Crippen molar-refractivity contribution in [3.8, 4) is 0 Å². The Morgan fingerprint density at radius 2 is 2.00 bits per heavy atom. The number of rotatable bonds is 7. The zero-order valence-electron chi connectivity index (χ0n) is 17.8. The van der Waals surface area contributed by atoms with Crippen molar-refractivity contribution in [1.82, 2.24) is 20.4 Å². The second-order valence-electron chi connectivity index (χ2n) is 8.90. The van der Waals surface area contributed by atoms with Crippen molar-refractivity contribution in [2.45, 2.75) is 63.6 Å². The summed E-state index contributed by atoms with van der Waals surface area (Å²) >= 11 is 5.99. The fourth-order valence-electron chi connectivity index (χ4n) is 5.16. The van der Waals surface area contributed by atoms with Crippen LogP contribution in [0.4, 0.5) is 4.79 Å². The van der Waals surface area contributed by atoms with Gasteiger partial charge in [0.2, 0.25) is 5.91 Å². The van der Waals surface area contributed by atoms with Crippen molar-refractivity contribution in [2.75, 3.05) is 19.6 Å². The van der Waals surface area contributed by atoms with Crippen LogP contribution in [0.3, 0.4) is 0 Å². The fraction of sp³-hybridized carbons (Fsp3) is 0.609. The molecule has 4 rings (SSSR count). The minimum Gasteiger partial charge on any atom is -0.356 e. The van der Waals surface area contributed by atoms with E-state index in [1.807, 2.05) is 6.07 Å². The maximum absolute atomic E-state index is 12.7. The summed E-state index contributed by atoms with van der Waals surface area (Å²) in [6.07, 6.45) is 6.68. The summed E-state index contributed by atoms with van der Waals surface area (Å²) in [5.41, 5.74) is 0.790. The van der Waals surface area contributed by atoms with E-state index in [1.165, 1.54) is 43.7 Å². The van der Waals surface area contributed by atoms with Gasteiger partial charge in [0, 0.05) is 24.0 Å². The van der Waals surface area contributed by atoms with Crippen LogP contribution >= 0.6 is 11.6 Å². The van der Waals surface area contributed by atoms with E-state index in [0.717, 1.165) is 12.0 Å². The number of hydrogen-bond acceptors (Lipinski definition) is 4. The summed E-state index contributed by atoms with van der Waals surface area (Å²) in [5.74, 6) is 0.171. The molecule has 3 saturated heterocycles. The highest BCUT2D eigenvalue weighted by Crippen LogP contribution is 2.30. The first-order valence-electron chi connectivity index (χ1n) is 11.4. The fourth-order valence-corrected chi connectivity index (χ4v) is 5.38. The van der Waals surface area contributed by atoms with Crippen LogP contribution < -0.4 is 10.6 Å². The van der Waals surface area contributed by atoms with Crippen LogP contribution in [0, 0.1) is 5.92 Å². The number of nitrogens with zero attached hydrogens (tertiary/aromatic N) is 2. The number of benzene rings is 1. The van der Waals surface area contributed by atoms with Crippen LogP contribution in [0.25, 0.3) is 0 Å². The van der Waals surface area contributed by atoms with Gasteiger partial charge in [0.15, 0.2) is 0 Å². The highest BCUT2D eigenvalue weighted by Gasteiger charge is 2.38. The van der Waals surface area contributed by atoms with Gasteiger partial charge < -0.3 is 15.5 Å². The van der Waals surface area contributed by atoms with Gasteiger partial charge in [0.25, 0.3) is 5.91 Å². The van der Waals surface area contributed by atoms with Crippen molar-refractivity contribution < 1.29 is 14.4 Å². The van der Waals surface area contributed by atoms with Gasteiger partial charge >= 0.3 is 6.03 Å².